The molecule has 4 aromatic carbocycles. The second-order valence-corrected chi connectivity index (χ2v) is 9.00. The predicted octanol–water partition coefficient (Wildman–Crippen LogP) is 6.15. The molecule has 4 aromatic rings. The number of halogens is 2. The van der Waals surface area contributed by atoms with E-state index in [-0.39, 0.29) is 12.5 Å². The molecule has 170 valence electrons. The van der Waals surface area contributed by atoms with Crippen molar-refractivity contribution in [3.05, 3.63) is 105 Å². The van der Waals surface area contributed by atoms with Gasteiger partial charge in [-0.3, -0.25) is 4.79 Å². The van der Waals surface area contributed by atoms with Gasteiger partial charge in [0.15, 0.2) is 5.75 Å². The molecule has 8 heteroatoms. The lowest BCUT2D eigenvalue weighted by molar-refractivity contribution is -0.119. The Labute approximate surface area is 213 Å². The number of fused-ring (bicyclic) bond motifs is 1. The van der Waals surface area contributed by atoms with Crippen molar-refractivity contribution in [1.29, 1.82) is 0 Å². The number of rotatable bonds is 7. The van der Waals surface area contributed by atoms with Crippen molar-refractivity contribution >= 4 is 66.4 Å². The third kappa shape index (κ3) is 5.89. The second kappa shape index (κ2) is 11.1. The fourth-order valence-electron chi connectivity index (χ4n) is 3.28. The smallest absolute Gasteiger partial charge is 0.343 e. The monoisotopic (exact) mass is 579 g/mol. The molecule has 2 N–H and O–H groups in total. The largest absolute Gasteiger partial charge is 0.421 e. The van der Waals surface area contributed by atoms with E-state index in [1.807, 2.05) is 48.5 Å². The fourth-order valence-corrected chi connectivity index (χ4v) is 4.62. The van der Waals surface area contributed by atoms with E-state index in [0.29, 0.717) is 21.3 Å². The molecule has 0 aliphatic rings. The lowest BCUT2D eigenvalue weighted by Gasteiger charge is -2.11. The quantitative estimate of drug-likeness (QED) is 0.119. The molecule has 0 bridgehead atoms. The number of amides is 1. The van der Waals surface area contributed by atoms with Crippen molar-refractivity contribution in [3.63, 3.8) is 0 Å². The predicted molar refractivity (Wildman–Crippen MR) is 141 cm³/mol. The van der Waals surface area contributed by atoms with Crippen LogP contribution < -0.4 is 15.5 Å². The Morgan fingerprint density at radius 2 is 1.65 bits per heavy atom. The number of carbonyl (C=O) groups excluding carboxylic acids is 2. The third-order valence-corrected chi connectivity index (χ3v) is 5.91. The van der Waals surface area contributed by atoms with Gasteiger partial charge in [-0.1, -0.05) is 70.5 Å². The van der Waals surface area contributed by atoms with Crippen LogP contribution >= 0.6 is 31.9 Å². The Hall–Kier alpha value is -3.49. The molecule has 34 heavy (non-hydrogen) atoms. The van der Waals surface area contributed by atoms with Gasteiger partial charge < -0.3 is 10.1 Å². The number of carbonyl (C=O) groups is 2. The van der Waals surface area contributed by atoms with Crippen LogP contribution in [-0.4, -0.2) is 24.6 Å². The molecule has 6 nitrogen and oxygen atoms in total. The Morgan fingerprint density at radius 3 is 2.47 bits per heavy atom. The Balaban J connectivity index is 1.42. The summed E-state index contributed by atoms with van der Waals surface area (Å²) in [5.41, 5.74) is 4.29. The van der Waals surface area contributed by atoms with Gasteiger partial charge in [0.1, 0.15) is 0 Å². The summed E-state index contributed by atoms with van der Waals surface area (Å²) in [6.45, 7) is 0.0450. The SMILES string of the molecule is O=C(CNc1cccc2ccccc12)N/N=C/c1cc(Br)cc(Br)c1OC(=O)c1ccccc1. The maximum Gasteiger partial charge on any atom is 0.343 e. The Morgan fingerprint density at radius 1 is 0.912 bits per heavy atom. The van der Waals surface area contributed by atoms with Crippen molar-refractivity contribution in [1.82, 2.24) is 5.43 Å². The van der Waals surface area contributed by atoms with Crippen molar-refractivity contribution in [2.75, 3.05) is 11.9 Å². The molecule has 0 saturated carbocycles. The maximum atomic E-state index is 12.5. The van der Waals surface area contributed by atoms with Crippen molar-refractivity contribution in [3.8, 4) is 5.75 Å². The van der Waals surface area contributed by atoms with E-state index >= 15 is 0 Å². The van der Waals surface area contributed by atoms with Gasteiger partial charge in [0.2, 0.25) is 0 Å². The van der Waals surface area contributed by atoms with Gasteiger partial charge in [-0.2, -0.15) is 5.10 Å². The Kier molecular flexibility index (Phi) is 7.72. The van der Waals surface area contributed by atoms with E-state index in [1.54, 1.807) is 36.4 Å². The van der Waals surface area contributed by atoms with Crippen molar-refractivity contribution < 1.29 is 14.3 Å². The summed E-state index contributed by atoms with van der Waals surface area (Å²) in [6.07, 6.45) is 1.43. The van der Waals surface area contributed by atoms with Crippen LogP contribution in [0.4, 0.5) is 5.69 Å². The standard InChI is InChI=1S/C26H19Br2N3O3/c27-20-13-19(25(22(28)14-20)34-26(33)18-8-2-1-3-9-18)15-30-31-24(32)16-29-23-12-6-10-17-7-4-5-11-21(17)23/h1-15,29H,16H2,(H,31,32)/b30-15+. The van der Waals surface area contributed by atoms with Crippen LogP contribution in [0.1, 0.15) is 15.9 Å². The normalized spacial score (nSPS) is 10.9. The molecule has 0 fully saturated rings. The highest BCUT2D eigenvalue weighted by atomic mass is 79.9. The minimum Gasteiger partial charge on any atom is -0.421 e. The Bertz CT molecular complexity index is 1370. The van der Waals surface area contributed by atoms with Crippen LogP contribution in [0.3, 0.4) is 0 Å². The molecule has 0 unspecified atom stereocenters. The third-order valence-electron chi connectivity index (χ3n) is 4.86. The van der Waals surface area contributed by atoms with Crippen LogP contribution in [-0.2, 0) is 4.79 Å². The maximum absolute atomic E-state index is 12.5. The van der Waals surface area contributed by atoms with Gasteiger partial charge >= 0.3 is 5.97 Å². The van der Waals surface area contributed by atoms with Gasteiger partial charge in [-0.25, -0.2) is 10.2 Å². The zero-order chi connectivity index (χ0) is 23.9. The summed E-state index contributed by atoms with van der Waals surface area (Å²) in [5, 5.41) is 9.30. The number of esters is 1. The molecule has 0 aliphatic heterocycles. The number of benzene rings is 4. The topological polar surface area (TPSA) is 79.8 Å². The number of hydrogen-bond acceptors (Lipinski definition) is 5. The van der Waals surface area contributed by atoms with Crippen LogP contribution in [0, 0.1) is 0 Å². The molecule has 0 spiro atoms. The number of ether oxygens (including phenoxy) is 1. The summed E-state index contributed by atoms with van der Waals surface area (Å²) >= 11 is 6.84. The van der Waals surface area contributed by atoms with E-state index in [1.165, 1.54) is 6.21 Å². The van der Waals surface area contributed by atoms with Gasteiger partial charge in [-0.05, 0) is 51.6 Å². The minimum atomic E-state index is -0.499. The number of hydrazone groups is 1. The lowest BCUT2D eigenvalue weighted by atomic mass is 10.1. The molecule has 0 aliphatic carbocycles. The van der Waals surface area contributed by atoms with Crippen LogP contribution in [0.25, 0.3) is 10.8 Å². The summed E-state index contributed by atoms with van der Waals surface area (Å²) in [5.74, 6) is -0.522. The van der Waals surface area contributed by atoms with Gasteiger partial charge in [0.25, 0.3) is 5.91 Å². The molecular weight excluding hydrogens is 562 g/mol. The van der Waals surface area contributed by atoms with E-state index < -0.39 is 5.97 Å². The first kappa shape index (κ1) is 23.7. The lowest BCUT2D eigenvalue weighted by Crippen LogP contribution is -2.26. The molecule has 0 radical (unpaired) electrons. The van der Waals surface area contributed by atoms with Gasteiger partial charge in [-0.15, -0.1) is 0 Å². The van der Waals surface area contributed by atoms with Crippen LogP contribution in [0.5, 0.6) is 5.75 Å². The van der Waals surface area contributed by atoms with E-state index in [4.69, 9.17) is 4.74 Å². The number of nitrogens with zero attached hydrogens (tertiary/aromatic N) is 1. The zero-order valence-corrected chi connectivity index (χ0v) is 21.0. The zero-order valence-electron chi connectivity index (χ0n) is 17.8. The fraction of sp³-hybridized carbons (Fsp3) is 0.0385. The van der Waals surface area contributed by atoms with E-state index in [0.717, 1.165) is 20.9 Å². The second-order valence-electron chi connectivity index (χ2n) is 7.23. The summed E-state index contributed by atoms with van der Waals surface area (Å²) in [6, 6.07) is 26.0. The molecule has 0 heterocycles. The average molecular weight is 581 g/mol. The molecule has 0 aromatic heterocycles. The van der Waals surface area contributed by atoms with Gasteiger partial charge in [0.05, 0.1) is 22.8 Å². The molecule has 0 atom stereocenters. The van der Waals surface area contributed by atoms with E-state index in [9.17, 15) is 9.59 Å². The highest BCUT2D eigenvalue weighted by molar-refractivity contribution is 9.11. The minimum absolute atomic E-state index is 0.0450. The summed E-state index contributed by atoms with van der Waals surface area (Å²) in [7, 11) is 0. The summed E-state index contributed by atoms with van der Waals surface area (Å²) < 4.78 is 6.92. The van der Waals surface area contributed by atoms with Crippen LogP contribution in [0.15, 0.2) is 99.0 Å². The number of anilines is 1. The molecule has 0 saturated heterocycles. The van der Waals surface area contributed by atoms with Crippen molar-refractivity contribution in [2.24, 2.45) is 5.10 Å². The van der Waals surface area contributed by atoms with Crippen LogP contribution in [0.2, 0.25) is 0 Å². The average Bonchev–Trinajstić information content (AvgIpc) is 2.85. The first-order chi connectivity index (χ1) is 16.5. The summed E-state index contributed by atoms with van der Waals surface area (Å²) in [4.78, 5) is 24.9. The number of nitrogens with one attached hydrogen (secondary N) is 2. The molecule has 1 amide bonds. The first-order valence-electron chi connectivity index (χ1n) is 10.3. The molecular formula is C26H19Br2N3O3. The highest BCUT2D eigenvalue weighted by Gasteiger charge is 2.15. The van der Waals surface area contributed by atoms with Gasteiger partial charge in [0, 0.05) is 21.1 Å². The number of hydrogen-bond donors (Lipinski definition) is 2. The first-order valence-corrected chi connectivity index (χ1v) is 11.9. The highest BCUT2D eigenvalue weighted by Crippen LogP contribution is 2.32. The van der Waals surface area contributed by atoms with Crippen molar-refractivity contribution in [2.45, 2.75) is 0 Å². The molecule has 4 rings (SSSR count). The van der Waals surface area contributed by atoms with E-state index in [2.05, 4.69) is 47.7 Å².